The zero-order valence-electron chi connectivity index (χ0n) is 14.9. The SMILES string of the molecule is O=C1C2=C(Nc3[nH]c(=O)[nH]c(=O)c3[C@H]2c2ccc3c(c2)OCO3)c2ccccc21. The first-order valence-electron chi connectivity index (χ1n) is 9.03. The Balaban J connectivity index is 1.66. The average molecular weight is 387 g/mol. The molecule has 0 saturated heterocycles. The Morgan fingerprint density at radius 2 is 1.69 bits per heavy atom. The van der Waals surface area contributed by atoms with Crippen molar-refractivity contribution in [3.05, 3.63) is 91.1 Å². The van der Waals surface area contributed by atoms with Gasteiger partial charge in [0.1, 0.15) is 5.82 Å². The minimum absolute atomic E-state index is 0.119. The van der Waals surface area contributed by atoms with E-state index in [1.54, 1.807) is 30.3 Å². The highest BCUT2D eigenvalue weighted by Crippen LogP contribution is 2.48. The first-order valence-corrected chi connectivity index (χ1v) is 9.03. The monoisotopic (exact) mass is 387 g/mol. The van der Waals surface area contributed by atoms with Gasteiger partial charge in [-0.1, -0.05) is 30.3 Å². The summed E-state index contributed by atoms with van der Waals surface area (Å²) in [5.74, 6) is 0.616. The first-order chi connectivity index (χ1) is 14.1. The number of hydrogen-bond donors (Lipinski definition) is 3. The lowest BCUT2D eigenvalue weighted by Crippen LogP contribution is -2.33. The number of Topliss-reactive ketones (excluding diaryl/α,β-unsaturated/α-hetero) is 1. The number of carbonyl (C=O) groups is 1. The molecule has 1 aromatic heterocycles. The molecule has 3 heterocycles. The molecule has 0 unspecified atom stereocenters. The van der Waals surface area contributed by atoms with Crippen LogP contribution in [0.1, 0.15) is 33.0 Å². The van der Waals surface area contributed by atoms with Crippen LogP contribution in [-0.2, 0) is 0 Å². The van der Waals surface area contributed by atoms with Gasteiger partial charge in [-0.25, -0.2) is 4.79 Å². The van der Waals surface area contributed by atoms with Gasteiger partial charge in [0.2, 0.25) is 6.79 Å². The predicted octanol–water partition coefficient (Wildman–Crippen LogP) is 1.96. The molecule has 3 aliphatic rings. The fraction of sp³-hybridized carbons (Fsp3) is 0.0952. The fourth-order valence-corrected chi connectivity index (χ4v) is 4.28. The van der Waals surface area contributed by atoms with Crippen molar-refractivity contribution < 1.29 is 14.3 Å². The van der Waals surface area contributed by atoms with E-state index in [0.29, 0.717) is 33.9 Å². The minimum atomic E-state index is -0.670. The number of H-pyrrole nitrogens is 2. The molecule has 1 atom stereocenters. The van der Waals surface area contributed by atoms with E-state index >= 15 is 0 Å². The highest BCUT2D eigenvalue weighted by atomic mass is 16.7. The second-order valence-electron chi connectivity index (χ2n) is 7.03. The van der Waals surface area contributed by atoms with E-state index in [-0.39, 0.29) is 24.0 Å². The van der Waals surface area contributed by atoms with Crippen LogP contribution in [0.25, 0.3) is 5.70 Å². The molecule has 29 heavy (non-hydrogen) atoms. The maximum atomic E-state index is 13.3. The number of aromatic nitrogens is 2. The van der Waals surface area contributed by atoms with Crippen molar-refractivity contribution in [2.45, 2.75) is 5.92 Å². The van der Waals surface area contributed by atoms with Crippen LogP contribution in [0.5, 0.6) is 11.5 Å². The zero-order chi connectivity index (χ0) is 19.7. The number of carbonyl (C=O) groups excluding carboxylic acids is 1. The molecule has 0 saturated carbocycles. The van der Waals surface area contributed by atoms with Gasteiger partial charge in [-0.2, -0.15) is 0 Å². The summed E-state index contributed by atoms with van der Waals surface area (Å²) in [7, 11) is 0. The van der Waals surface area contributed by atoms with Gasteiger partial charge in [0.15, 0.2) is 17.3 Å². The van der Waals surface area contributed by atoms with E-state index in [1.165, 1.54) is 0 Å². The number of ether oxygens (including phenoxy) is 2. The Hall–Kier alpha value is -4.07. The Labute approximate surface area is 162 Å². The van der Waals surface area contributed by atoms with Crippen LogP contribution in [-0.4, -0.2) is 22.5 Å². The highest BCUT2D eigenvalue weighted by molar-refractivity contribution is 6.23. The summed E-state index contributed by atoms with van der Waals surface area (Å²) in [5.41, 5.74) is 2.18. The molecule has 8 heteroatoms. The molecule has 0 fully saturated rings. The van der Waals surface area contributed by atoms with E-state index < -0.39 is 17.2 Å². The van der Waals surface area contributed by atoms with E-state index in [0.717, 1.165) is 5.56 Å². The van der Waals surface area contributed by atoms with E-state index in [9.17, 15) is 14.4 Å². The molecular weight excluding hydrogens is 374 g/mol. The summed E-state index contributed by atoms with van der Waals surface area (Å²) in [6, 6.07) is 12.6. The summed E-state index contributed by atoms with van der Waals surface area (Å²) in [6.07, 6.45) is 0. The average Bonchev–Trinajstić information content (AvgIpc) is 3.29. The topological polar surface area (TPSA) is 113 Å². The molecular formula is C21H13N3O5. The molecule has 1 aliphatic carbocycles. The van der Waals surface area contributed by atoms with Crippen LogP contribution in [0.3, 0.4) is 0 Å². The third-order valence-electron chi connectivity index (χ3n) is 5.49. The third-order valence-corrected chi connectivity index (χ3v) is 5.49. The van der Waals surface area contributed by atoms with Crippen molar-refractivity contribution in [2.24, 2.45) is 0 Å². The summed E-state index contributed by atoms with van der Waals surface area (Å²) >= 11 is 0. The highest BCUT2D eigenvalue weighted by Gasteiger charge is 2.42. The Morgan fingerprint density at radius 3 is 2.55 bits per heavy atom. The van der Waals surface area contributed by atoms with Crippen molar-refractivity contribution in [3.63, 3.8) is 0 Å². The molecule has 142 valence electrons. The Kier molecular flexibility index (Phi) is 3.01. The van der Waals surface area contributed by atoms with Crippen LogP contribution in [0.15, 0.2) is 57.6 Å². The molecule has 2 aromatic carbocycles. The molecule has 6 rings (SSSR count). The second-order valence-corrected chi connectivity index (χ2v) is 7.03. The summed E-state index contributed by atoms with van der Waals surface area (Å²) < 4.78 is 10.9. The number of ketones is 1. The van der Waals surface area contributed by atoms with Gasteiger partial charge in [0, 0.05) is 22.6 Å². The fourth-order valence-electron chi connectivity index (χ4n) is 4.28. The van der Waals surface area contributed by atoms with Crippen molar-refractivity contribution in [1.29, 1.82) is 0 Å². The van der Waals surface area contributed by atoms with E-state index in [4.69, 9.17) is 9.47 Å². The predicted molar refractivity (Wildman–Crippen MR) is 103 cm³/mol. The molecule has 8 nitrogen and oxygen atoms in total. The molecule has 0 amide bonds. The van der Waals surface area contributed by atoms with Crippen LogP contribution >= 0.6 is 0 Å². The van der Waals surface area contributed by atoms with Crippen molar-refractivity contribution >= 4 is 17.3 Å². The first kappa shape index (κ1) is 15.9. The largest absolute Gasteiger partial charge is 0.454 e. The molecule has 3 aromatic rings. The van der Waals surface area contributed by atoms with Crippen LogP contribution in [0.2, 0.25) is 0 Å². The third kappa shape index (κ3) is 2.11. The van der Waals surface area contributed by atoms with Gasteiger partial charge in [0.25, 0.3) is 5.56 Å². The van der Waals surface area contributed by atoms with Crippen molar-refractivity contribution in [1.82, 2.24) is 9.97 Å². The smallest absolute Gasteiger partial charge is 0.327 e. The number of benzene rings is 2. The molecule has 2 aliphatic heterocycles. The van der Waals surface area contributed by atoms with Crippen molar-refractivity contribution in [2.75, 3.05) is 12.1 Å². The van der Waals surface area contributed by atoms with E-state index in [1.807, 2.05) is 12.1 Å². The number of anilines is 1. The standard InChI is InChI=1S/C21H13N3O5/c25-18-11-4-2-1-3-10(11)17-15(18)14(9-5-6-12-13(7-9)29-8-28-12)16-19(22-17)23-21(27)24-20(16)26/h1-7,14H,8H2,(H3,22,23,24,26,27)/t14-/m0/s1. The lowest BCUT2D eigenvalue weighted by molar-refractivity contribution is 0.103. The quantitative estimate of drug-likeness (QED) is 0.588. The Bertz CT molecular complexity index is 1380. The normalized spacial score (nSPS) is 18.2. The van der Waals surface area contributed by atoms with Gasteiger partial charge in [0.05, 0.1) is 11.3 Å². The summed E-state index contributed by atoms with van der Waals surface area (Å²) in [6.45, 7) is 0.119. The molecule has 0 spiro atoms. The van der Waals surface area contributed by atoms with Crippen LogP contribution < -0.4 is 26.0 Å². The number of hydrogen-bond acceptors (Lipinski definition) is 6. The van der Waals surface area contributed by atoms with Gasteiger partial charge in [-0.3, -0.25) is 19.6 Å². The summed E-state index contributed by atoms with van der Waals surface area (Å²) in [5, 5.41) is 3.11. The van der Waals surface area contributed by atoms with Gasteiger partial charge in [-0.15, -0.1) is 0 Å². The van der Waals surface area contributed by atoms with Gasteiger partial charge >= 0.3 is 5.69 Å². The number of nitrogens with one attached hydrogen (secondary N) is 3. The zero-order valence-corrected chi connectivity index (χ0v) is 14.9. The number of aromatic amines is 2. The number of rotatable bonds is 1. The van der Waals surface area contributed by atoms with Crippen molar-refractivity contribution in [3.8, 4) is 11.5 Å². The van der Waals surface area contributed by atoms with E-state index in [2.05, 4.69) is 15.3 Å². The van der Waals surface area contributed by atoms with Gasteiger partial charge < -0.3 is 14.8 Å². The molecule has 0 bridgehead atoms. The van der Waals surface area contributed by atoms with Crippen LogP contribution in [0, 0.1) is 0 Å². The molecule has 0 radical (unpaired) electrons. The number of allylic oxidation sites excluding steroid dienone is 1. The Morgan fingerprint density at radius 1 is 0.897 bits per heavy atom. The minimum Gasteiger partial charge on any atom is -0.454 e. The molecule has 3 N–H and O–H groups in total. The maximum absolute atomic E-state index is 13.3. The lowest BCUT2D eigenvalue weighted by Gasteiger charge is -2.27. The van der Waals surface area contributed by atoms with Gasteiger partial charge in [-0.05, 0) is 17.7 Å². The lowest BCUT2D eigenvalue weighted by atomic mass is 9.81. The maximum Gasteiger partial charge on any atom is 0.327 e. The number of fused-ring (bicyclic) bond motifs is 4. The summed E-state index contributed by atoms with van der Waals surface area (Å²) in [4.78, 5) is 42.9. The van der Waals surface area contributed by atoms with Crippen LogP contribution in [0.4, 0.5) is 5.82 Å². The second kappa shape index (κ2) is 5.48.